The van der Waals surface area contributed by atoms with Crippen molar-refractivity contribution >= 4 is 29.1 Å². The van der Waals surface area contributed by atoms with Crippen molar-refractivity contribution in [2.75, 3.05) is 19.3 Å². The number of benzene rings is 1. The van der Waals surface area contributed by atoms with Crippen LogP contribution in [0.4, 0.5) is 4.79 Å². The summed E-state index contributed by atoms with van der Waals surface area (Å²) < 4.78 is 0. The Bertz CT molecular complexity index is 686. The van der Waals surface area contributed by atoms with Crippen LogP contribution in [0.2, 0.25) is 0 Å². The summed E-state index contributed by atoms with van der Waals surface area (Å²) in [5.74, 6) is 1.12. The van der Waals surface area contributed by atoms with Gasteiger partial charge in [0.2, 0.25) is 0 Å². The largest absolute Gasteiger partial charge is 0.337 e. The Morgan fingerprint density at radius 2 is 2.26 bits per heavy atom. The number of aryl methyl sites for hydroxylation is 2. The highest BCUT2D eigenvalue weighted by Gasteiger charge is 2.21. The molecule has 1 aromatic carbocycles. The Balaban J connectivity index is 1.55. The number of amides is 2. The minimum atomic E-state index is -0.0423. The highest BCUT2D eigenvalue weighted by atomic mass is 32.2. The minimum absolute atomic E-state index is 0.0423. The van der Waals surface area contributed by atoms with E-state index in [2.05, 4.69) is 34.6 Å². The molecule has 2 amide bonds. The average molecular weight is 348 g/mol. The lowest BCUT2D eigenvalue weighted by Gasteiger charge is -2.26. The molecule has 0 saturated carbocycles. The fraction of sp³-hybridized carbons (Fsp3) is 0.412. The zero-order valence-corrected chi connectivity index (χ0v) is 15.0. The molecule has 0 bridgehead atoms. The second-order valence-corrected chi connectivity index (χ2v) is 8.08. The quantitative estimate of drug-likeness (QED) is 0.919. The summed E-state index contributed by atoms with van der Waals surface area (Å²) in [6.07, 6.45) is 1.12. The van der Waals surface area contributed by atoms with E-state index in [4.69, 9.17) is 0 Å². The molecule has 1 aliphatic rings. The predicted octanol–water partition coefficient (Wildman–Crippen LogP) is 3.62. The molecule has 4 nitrogen and oxygen atoms in total. The minimum Gasteiger partial charge on any atom is -0.337 e. The van der Waals surface area contributed by atoms with Gasteiger partial charge in [0.15, 0.2) is 0 Å². The molecule has 2 heterocycles. The number of aromatic nitrogens is 1. The van der Waals surface area contributed by atoms with E-state index in [0.717, 1.165) is 22.9 Å². The monoisotopic (exact) mass is 347 g/mol. The zero-order valence-electron chi connectivity index (χ0n) is 13.4. The molecule has 23 heavy (non-hydrogen) atoms. The maximum absolute atomic E-state index is 12.3. The van der Waals surface area contributed by atoms with Gasteiger partial charge in [-0.15, -0.1) is 11.3 Å². The Labute approximate surface area is 145 Å². The van der Waals surface area contributed by atoms with Gasteiger partial charge < -0.3 is 10.2 Å². The summed E-state index contributed by atoms with van der Waals surface area (Å²) in [4.78, 5) is 18.4. The van der Waals surface area contributed by atoms with Gasteiger partial charge in [-0.05, 0) is 30.2 Å². The number of nitrogens with zero attached hydrogens (tertiary/aromatic N) is 2. The van der Waals surface area contributed by atoms with Crippen LogP contribution in [0.3, 0.4) is 0 Å². The van der Waals surface area contributed by atoms with Gasteiger partial charge in [-0.2, -0.15) is 11.8 Å². The number of hydrogen-bond acceptors (Lipinski definition) is 4. The average Bonchev–Trinajstić information content (AvgIpc) is 2.97. The molecule has 122 valence electrons. The Morgan fingerprint density at radius 1 is 1.43 bits per heavy atom. The fourth-order valence-corrected chi connectivity index (χ4v) is 4.59. The van der Waals surface area contributed by atoms with Crippen LogP contribution in [0.15, 0.2) is 29.6 Å². The topological polar surface area (TPSA) is 45.2 Å². The van der Waals surface area contributed by atoms with Gasteiger partial charge in [-0.3, -0.25) is 0 Å². The number of urea groups is 1. The summed E-state index contributed by atoms with van der Waals surface area (Å²) in [5.41, 5.74) is 3.72. The normalized spacial score (nSPS) is 16.7. The lowest BCUT2D eigenvalue weighted by Crippen LogP contribution is -2.39. The molecule has 0 aliphatic carbocycles. The fourth-order valence-electron chi connectivity index (χ4n) is 2.76. The molecule has 6 heteroatoms. The third kappa shape index (κ3) is 4.06. The van der Waals surface area contributed by atoms with Gasteiger partial charge >= 0.3 is 6.03 Å². The number of fused-ring (bicyclic) bond motifs is 1. The van der Waals surface area contributed by atoms with Crippen LogP contribution in [0.25, 0.3) is 0 Å². The molecular formula is C17H21N3OS2. The molecule has 0 saturated heterocycles. The van der Waals surface area contributed by atoms with E-state index in [-0.39, 0.29) is 6.03 Å². The van der Waals surface area contributed by atoms with Gasteiger partial charge in [0.05, 0.1) is 17.2 Å². The predicted molar refractivity (Wildman–Crippen MR) is 97.1 cm³/mol. The summed E-state index contributed by atoms with van der Waals surface area (Å²) in [6.45, 7) is 3.19. The van der Waals surface area contributed by atoms with Gasteiger partial charge in [0.25, 0.3) is 0 Å². The molecule has 0 spiro atoms. The number of carbonyl (C=O) groups excluding carboxylic acids is 1. The molecule has 3 rings (SSSR count). The van der Waals surface area contributed by atoms with E-state index in [1.807, 2.05) is 31.1 Å². The summed E-state index contributed by atoms with van der Waals surface area (Å²) >= 11 is 3.54. The van der Waals surface area contributed by atoms with E-state index in [0.29, 0.717) is 18.3 Å². The van der Waals surface area contributed by atoms with Crippen LogP contribution < -0.4 is 5.32 Å². The van der Waals surface area contributed by atoms with E-state index in [1.54, 1.807) is 16.2 Å². The van der Waals surface area contributed by atoms with Crippen LogP contribution in [-0.4, -0.2) is 35.3 Å². The second-order valence-electron chi connectivity index (χ2n) is 5.71. The maximum atomic E-state index is 12.3. The van der Waals surface area contributed by atoms with E-state index < -0.39 is 0 Å². The molecule has 1 atom stereocenters. The van der Waals surface area contributed by atoms with Crippen LogP contribution in [0, 0.1) is 6.92 Å². The van der Waals surface area contributed by atoms with Crippen molar-refractivity contribution < 1.29 is 4.79 Å². The van der Waals surface area contributed by atoms with Gasteiger partial charge in [-0.25, -0.2) is 9.78 Å². The molecule has 2 aromatic rings. The summed E-state index contributed by atoms with van der Waals surface area (Å²) in [5, 5.41) is 6.45. The summed E-state index contributed by atoms with van der Waals surface area (Å²) in [7, 11) is 1.81. The first kappa shape index (κ1) is 16.3. The highest BCUT2D eigenvalue weighted by Crippen LogP contribution is 2.35. The van der Waals surface area contributed by atoms with Crippen molar-refractivity contribution in [3.63, 3.8) is 0 Å². The summed E-state index contributed by atoms with van der Waals surface area (Å²) in [6, 6.07) is 8.50. The van der Waals surface area contributed by atoms with Crippen molar-refractivity contribution in [3.05, 3.63) is 51.5 Å². The molecular weight excluding hydrogens is 326 g/mol. The van der Waals surface area contributed by atoms with Gasteiger partial charge in [0.1, 0.15) is 0 Å². The number of nitrogens with one attached hydrogen (secondary N) is 1. The lowest BCUT2D eigenvalue weighted by atomic mass is 10.0. The van der Waals surface area contributed by atoms with Gasteiger partial charge in [-0.1, -0.05) is 24.3 Å². The lowest BCUT2D eigenvalue weighted by molar-refractivity contribution is 0.206. The number of thiazole rings is 1. The van der Waals surface area contributed by atoms with E-state index in [9.17, 15) is 4.79 Å². The van der Waals surface area contributed by atoms with Crippen molar-refractivity contribution in [2.45, 2.75) is 25.1 Å². The third-order valence-electron chi connectivity index (χ3n) is 3.94. The Morgan fingerprint density at radius 3 is 3.04 bits per heavy atom. The Kier molecular flexibility index (Phi) is 5.23. The second kappa shape index (κ2) is 7.36. The van der Waals surface area contributed by atoms with Crippen molar-refractivity contribution in [1.29, 1.82) is 0 Å². The van der Waals surface area contributed by atoms with Crippen molar-refractivity contribution in [2.24, 2.45) is 0 Å². The number of thioether (sulfide) groups is 1. The Hall–Kier alpha value is -1.53. The molecule has 1 aliphatic heterocycles. The standard InChI is InChI=1S/C17H21N3OS2/c1-12-19-14(11-23-12)10-20(2)17(21)18-9-16-15-6-4-3-5-13(15)7-8-22-16/h3-6,11,16H,7-10H2,1-2H3,(H,18,21)/t16-/m0/s1. The van der Waals surface area contributed by atoms with Crippen molar-refractivity contribution in [3.8, 4) is 0 Å². The first-order valence-corrected chi connectivity index (χ1v) is 9.65. The van der Waals surface area contributed by atoms with E-state index >= 15 is 0 Å². The number of carbonyl (C=O) groups is 1. The van der Waals surface area contributed by atoms with Gasteiger partial charge in [0, 0.05) is 24.2 Å². The first-order valence-electron chi connectivity index (χ1n) is 7.73. The molecule has 0 radical (unpaired) electrons. The molecule has 1 aromatic heterocycles. The number of rotatable bonds is 4. The zero-order chi connectivity index (χ0) is 16.2. The molecule has 1 N–H and O–H groups in total. The van der Waals surface area contributed by atoms with Crippen LogP contribution in [-0.2, 0) is 13.0 Å². The van der Waals surface area contributed by atoms with Crippen LogP contribution in [0.1, 0.15) is 27.1 Å². The van der Waals surface area contributed by atoms with Crippen LogP contribution >= 0.6 is 23.1 Å². The molecule has 0 fully saturated rings. The maximum Gasteiger partial charge on any atom is 0.317 e. The first-order chi connectivity index (χ1) is 11.1. The van der Waals surface area contributed by atoms with Crippen LogP contribution in [0.5, 0.6) is 0 Å². The highest BCUT2D eigenvalue weighted by molar-refractivity contribution is 7.99. The smallest absolute Gasteiger partial charge is 0.317 e. The van der Waals surface area contributed by atoms with Crippen molar-refractivity contribution in [1.82, 2.24) is 15.2 Å². The third-order valence-corrected chi connectivity index (χ3v) is 6.03. The van der Waals surface area contributed by atoms with E-state index in [1.165, 1.54) is 11.1 Å². The molecule has 0 unspecified atom stereocenters. The SMILES string of the molecule is Cc1nc(CN(C)C(=O)NC[C@@H]2SCCc3ccccc32)cs1. The number of hydrogen-bond donors (Lipinski definition) is 1.